The van der Waals surface area contributed by atoms with E-state index in [-0.39, 0.29) is 23.5 Å². The molecule has 1 unspecified atom stereocenters. The monoisotopic (exact) mass is 531 g/mol. The van der Waals surface area contributed by atoms with Crippen LogP contribution in [0.3, 0.4) is 0 Å². The van der Waals surface area contributed by atoms with Crippen molar-refractivity contribution in [3.05, 3.63) is 113 Å². The van der Waals surface area contributed by atoms with E-state index in [4.69, 9.17) is 16.7 Å². The Morgan fingerprint density at radius 3 is 2.32 bits per heavy atom. The van der Waals surface area contributed by atoms with E-state index in [0.717, 1.165) is 28.1 Å². The summed E-state index contributed by atoms with van der Waals surface area (Å²) in [5.74, 6) is -0.182. The van der Waals surface area contributed by atoms with Gasteiger partial charge in [-0.1, -0.05) is 72.3 Å². The summed E-state index contributed by atoms with van der Waals surface area (Å²) in [6.45, 7) is 0.301. The lowest BCUT2D eigenvalue weighted by Crippen LogP contribution is -2.39. The van der Waals surface area contributed by atoms with E-state index in [1.54, 1.807) is 27.8 Å². The van der Waals surface area contributed by atoms with Gasteiger partial charge in [0, 0.05) is 41.0 Å². The Kier molecular flexibility index (Phi) is 7.26. The number of benzene rings is 3. The molecule has 8 heteroatoms. The Labute approximate surface area is 221 Å². The fraction of sp³-hybridized carbons (Fsp3) is 0.172. The highest BCUT2D eigenvalue weighted by Gasteiger charge is 2.34. The van der Waals surface area contributed by atoms with Gasteiger partial charge >= 0.3 is 0 Å². The van der Waals surface area contributed by atoms with Gasteiger partial charge in [0.15, 0.2) is 9.84 Å². The summed E-state index contributed by atoms with van der Waals surface area (Å²) in [6.07, 6.45) is 5.59. The summed E-state index contributed by atoms with van der Waals surface area (Å²) in [5, 5.41) is 5.40. The molecule has 0 saturated carbocycles. The lowest BCUT2D eigenvalue weighted by molar-refractivity contribution is -0.128. The molecule has 188 valence electrons. The number of carbonyl (C=O) groups is 1. The number of hydrogen-bond acceptors (Lipinski definition) is 4. The second-order valence-corrected chi connectivity index (χ2v) is 11.7. The van der Waals surface area contributed by atoms with Crippen molar-refractivity contribution in [3.8, 4) is 16.9 Å². The molecule has 1 amide bonds. The molecule has 1 aromatic heterocycles. The first kappa shape index (κ1) is 25.0. The molecule has 1 aliphatic rings. The predicted molar refractivity (Wildman–Crippen MR) is 147 cm³/mol. The van der Waals surface area contributed by atoms with Crippen molar-refractivity contribution >= 4 is 33.4 Å². The summed E-state index contributed by atoms with van der Waals surface area (Å²) < 4.78 is 26.2. The minimum Gasteiger partial charge on any atom is -0.331 e. The molecule has 0 aliphatic carbocycles. The van der Waals surface area contributed by atoms with E-state index in [1.165, 1.54) is 6.08 Å². The first-order valence-electron chi connectivity index (χ1n) is 12.0. The molecule has 2 heterocycles. The highest BCUT2D eigenvalue weighted by atomic mass is 35.5. The number of sulfone groups is 1. The topological polar surface area (TPSA) is 72.3 Å². The number of nitrogens with zero attached hydrogens (tertiary/aromatic N) is 3. The number of hydrogen-bond donors (Lipinski definition) is 0. The van der Waals surface area contributed by atoms with Crippen LogP contribution >= 0.6 is 11.6 Å². The van der Waals surface area contributed by atoms with Crippen LogP contribution in [-0.4, -0.2) is 46.6 Å². The predicted octanol–water partition coefficient (Wildman–Crippen LogP) is 5.42. The standard InChI is InChI=1S/C29H26ClN3O3S/c30-25-14-11-22(12-15-25)19-32(27-17-18-37(35,36)21-27)28(34)16-13-24-20-33(26-9-5-2-6-10-26)31-29(24)23-7-3-1-4-8-23/h1-16,20,27H,17-19,21H2. The van der Waals surface area contributed by atoms with Crippen molar-refractivity contribution in [1.82, 2.24) is 14.7 Å². The van der Waals surface area contributed by atoms with Crippen LogP contribution < -0.4 is 0 Å². The maximum absolute atomic E-state index is 13.5. The third-order valence-electron chi connectivity index (χ3n) is 6.41. The van der Waals surface area contributed by atoms with Gasteiger partial charge in [-0.3, -0.25) is 4.79 Å². The maximum atomic E-state index is 13.5. The maximum Gasteiger partial charge on any atom is 0.247 e. The van der Waals surface area contributed by atoms with Gasteiger partial charge in [-0.2, -0.15) is 5.10 Å². The molecule has 1 fully saturated rings. The molecule has 0 N–H and O–H groups in total. The van der Waals surface area contributed by atoms with Gasteiger partial charge in [0.1, 0.15) is 0 Å². The molecule has 0 radical (unpaired) electrons. The molecular weight excluding hydrogens is 506 g/mol. The largest absolute Gasteiger partial charge is 0.331 e. The molecule has 1 aliphatic heterocycles. The third kappa shape index (κ3) is 6.01. The van der Waals surface area contributed by atoms with Crippen molar-refractivity contribution in [2.75, 3.05) is 11.5 Å². The summed E-state index contributed by atoms with van der Waals surface area (Å²) in [6, 6.07) is 26.4. The molecule has 6 nitrogen and oxygen atoms in total. The van der Waals surface area contributed by atoms with Crippen LogP contribution in [0.15, 0.2) is 97.2 Å². The van der Waals surface area contributed by atoms with E-state index in [9.17, 15) is 13.2 Å². The Morgan fingerprint density at radius 1 is 1.00 bits per heavy atom. The molecule has 1 atom stereocenters. The van der Waals surface area contributed by atoms with Gasteiger partial charge < -0.3 is 4.90 Å². The minimum atomic E-state index is -3.16. The number of rotatable bonds is 7. The van der Waals surface area contributed by atoms with Crippen LogP contribution in [0.4, 0.5) is 0 Å². The smallest absolute Gasteiger partial charge is 0.247 e. The molecule has 0 spiro atoms. The van der Waals surface area contributed by atoms with Crippen LogP contribution in [-0.2, 0) is 21.2 Å². The van der Waals surface area contributed by atoms with E-state index < -0.39 is 9.84 Å². The zero-order valence-corrected chi connectivity index (χ0v) is 21.6. The first-order chi connectivity index (χ1) is 17.9. The summed E-state index contributed by atoms with van der Waals surface area (Å²) in [5.41, 5.74) is 4.27. The fourth-order valence-corrected chi connectivity index (χ4v) is 6.35. The molecule has 37 heavy (non-hydrogen) atoms. The highest BCUT2D eigenvalue weighted by Crippen LogP contribution is 2.26. The third-order valence-corrected chi connectivity index (χ3v) is 8.42. The number of para-hydroxylation sites is 1. The van der Waals surface area contributed by atoms with Gasteiger partial charge in [0.2, 0.25) is 5.91 Å². The van der Waals surface area contributed by atoms with Crippen molar-refractivity contribution in [2.45, 2.75) is 19.0 Å². The first-order valence-corrected chi connectivity index (χ1v) is 14.2. The summed E-state index contributed by atoms with van der Waals surface area (Å²) in [7, 11) is -3.16. The van der Waals surface area contributed by atoms with Gasteiger partial charge in [-0.25, -0.2) is 13.1 Å². The zero-order valence-electron chi connectivity index (χ0n) is 20.1. The van der Waals surface area contributed by atoms with E-state index in [0.29, 0.717) is 18.0 Å². The van der Waals surface area contributed by atoms with Crippen molar-refractivity contribution < 1.29 is 13.2 Å². The average molecular weight is 532 g/mol. The van der Waals surface area contributed by atoms with E-state index >= 15 is 0 Å². The van der Waals surface area contributed by atoms with Crippen LogP contribution in [0.5, 0.6) is 0 Å². The van der Waals surface area contributed by atoms with Crippen LogP contribution in [0.25, 0.3) is 23.0 Å². The lowest BCUT2D eigenvalue weighted by atomic mass is 10.1. The molecule has 4 aromatic rings. The van der Waals surface area contributed by atoms with E-state index in [1.807, 2.05) is 79.0 Å². The van der Waals surface area contributed by atoms with E-state index in [2.05, 4.69) is 0 Å². The van der Waals surface area contributed by atoms with Gasteiger partial charge in [0.05, 0.1) is 22.9 Å². The van der Waals surface area contributed by atoms with Crippen LogP contribution in [0.1, 0.15) is 17.5 Å². The van der Waals surface area contributed by atoms with Gasteiger partial charge in [-0.05, 0) is 42.3 Å². The fourth-order valence-electron chi connectivity index (χ4n) is 4.49. The Bertz CT molecular complexity index is 1520. The average Bonchev–Trinajstić information content (AvgIpc) is 3.51. The normalized spacial score (nSPS) is 16.7. The number of amides is 1. The lowest BCUT2D eigenvalue weighted by Gasteiger charge is -2.27. The van der Waals surface area contributed by atoms with Crippen molar-refractivity contribution in [3.63, 3.8) is 0 Å². The van der Waals surface area contributed by atoms with Crippen LogP contribution in [0, 0.1) is 0 Å². The number of halogens is 1. The van der Waals surface area contributed by atoms with Crippen molar-refractivity contribution in [1.29, 1.82) is 0 Å². The number of aromatic nitrogens is 2. The summed E-state index contributed by atoms with van der Waals surface area (Å²) >= 11 is 6.03. The number of carbonyl (C=O) groups excluding carboxylic acids is 1. The summed E-state index contributed by atoms with van der Waals surface area (Å²) in [4.78, 5) is 15.1. The molecule has 3 aromatic carbocycles. The Morgan fingerprint density at radius 2 is 1.68 bits per heavy atom. The van der Waals surface area contributed by atoms with Crippen LogP contribution in [0.2, 0.25) is 5.02 Å². The molecule has 0 bridgehead atoms. The second-order valence-electron chi connectivity index (χ2n) is 9.06. The molecule has 5 rings (SSSR count). The highest BCUT2D eigenvalue weighted by molar-refractivity contribution is 7.91. The van der Waals surface area contributed by atoms with Gasteiger partial charge in [-0.15, -0.1) is 0 Å². The molecular formula is C29H26ClN3O3S. The van der Waals surface area contributed by atoms with Gasteiger partial charge in [0.25, 0.3) is 0 Å². The van der Waals surface area contributed by atoms with Crippen molar-refractivity contribution in [2.24, 2.45) is 0 Å². The second kappa shape index (κ2) is 10.7. The SMILES string of the molecule is O=C(C=Cc1cn(-c2ccccc2)nc1-c1ccccc1)N(Cc1ccc(Cl)cc1)C1CCS(=O)(=O)C1. The minimum absolute atomic E-state index is 0.0264. The Hall–Kier alpha value is -3.68. The Balaban J connectivity index is 1.47. The molecule has 1 saturated heterocycles. The quantitative estimate of drug-likeness (QED) is 0.298. The zero-order chi connectivity index (χ0) is 25.8.